The van der Waals surface area contributed by atoms with Crippen LogP contribution in [-0.4, -0.2) is 18.0 Å². The molecule has 1 heterocycles. The van der Waals surface area contributed by atoms with Crippen molar-refractivity contribution in [2.45, 2.75) is 6.04 Å². The van der Waals surface area contributed by atoms with Crippen molar-refractivity contribution in [3.63, 3.8) is 0 Å². The lowest BCUT2D eigenvalue weighted by Crippen LogP contribution is -2.29. The number of hydrogen-bond acceptors (Lipinski definition) is 3. The van der Waals surface area contributed by atoms with Crippen LogP contribution >= 0.6 is 0 Å². The van der Waals surface area contributed by atoms with Crippen molar-refractivity contribution in [2.75, 3.05) is 7.11 Å². The van der Waals surface area contributed by atoms with E-state index in [1.165, 1.54) is 0 Å². The number of nitrogens with one attached hydrogen (secondary N) is 1. The maximum absolute atomic E-state index is 12.6. The molecular weight excluding hydrogens is 300 g/mol. The average Bonchev–Trinajstić information content (AvgIpc) is 2.67. The van der Waals surface area contributed by atoms with Gasteiger partial charge in [-0.3, -0.25) is 9.78 Å². The van der Waals surface area contributed by atoms with E-state index in [0.717, 1.165) is 16.9 Å². The summed E-state index contributed by atoms with van der Waals surface area (Å²) >= 11 is 0. The summed E-state index contributed by atoms with van der Waals surface area (Å²) in [6, 6.07) is 20.5. The summed E-state index contributed by atoms with van der Waals surface area (Å²) in [7, 11) is 1.60. The molecule has 3 rings (SSSR count). The van der Waals surface area contributed by atoms with Gasteiger partial charge in [-0.15, -0.1) is 0 Å². The number of pyridine rings is 1. The molecule has 0 saturated carbocycles. The first kappa shape index (κ1) is 15.7. The van der Waals surface area contributed by atoms with Crippen LogP contribution in [-0.2, 0) is 0 Å². The summed E-state index contributed by atoms with van der Waals surface area (Å²) in [4.78, 5) is 16.8. The number of aromatic nitrogens is 1. The third kappa shape index (κ3) is 3.60. The van der Waals surface area contributed by atoms with Crippen LogP contribution in [0.15, 0.2) is 79.1 Å². The Morgan fingerprint density at radius 2 is 1.67 bits per heavy atom. The molecule has 24 heavy (non-hydrogen) atoms. The number of methoxy groups -OCH3 is 1. The van der Waals surface area contributed by atoms with Crippen LogP contribution in [0.5, 0.6) is 5.75 Å². The molecule has 0 fully saturated rings. The molecule has 0 aliphatic carbocycles. The molecule has 120 valence electrons. The van der Waals surface area contributed by atoms with E-state index in [1.54, 1.807) is 43.8 Å². The number of nitrogens with zero attached hydrogens (tertiary/aromatic N) is 1. The predicted octanol–water partition coefficient (Wildman–Crippen LogP) is 3.61. The molecule has 0 bridgehead atoms. The third-order valence-corrected chi connectivity index (χ3v) is 3.78. The minimum absolute atomic E-state index is 0.143. The zero-order valence-corrected chi connectivity index (χ0v) is 13.3. The summed E-state index contributed by atoms with van der Waals surface area (Å²) < 4.78 is 5.13. The quantitative estimate of drug-likeness (QED) is 0.782. The highest BCUT2D eigenvalue weighted by molar-refractivity contribution is 5.94. The Morgan fingerprint density at radius 1 is 0.958 bits per heavy atom. The van der Waals surface area contributed by atoms with E-state index in [1.807, 2.05) is 42.5 Å². The zero-order valence-electron chi connectivity index (χ0n) is 13.3. The highest BCUT2D eigenvalue weighted by Crippen LogP contribution is 2.22. The minimum atomic E-state index is -0.255. The Morgan fingerprint density at radius 3 is 2.29 bits per heavy atom. The second-order valence-corrected chi connectivity index (χ2v) is 5.33. The summed E-state index contributed by atoms with van der Waals surface area (Å²) in [5, 5.41) is 3.08. The van der Waals surface area contributed by atoms with Crippen molar-refractivity contribution in [2.24, 2.45) is 0 Å². The normalized spacial score (nSPS) is 11.5. The number of benzene rings is 2. The SMILES string of the molecule is COc1ccc(C(=O)N[C@H](c2ccccc2)c2cccnc2)cc1. The molecule has 1 aromatic heterocycles. The van der Waals surface area contributed by atoms with Gasteiger partial charge in [-0.25, -0.2) is 0 Å². The number of amides is 1. The molecule has 2 aromatic carbocycles. The Labute approximate surface area is 141 Å². The molecule has 0 aliphatic rings. The van der Waals surface area contributed by atoms with Crippen LogP contribution in [0.1, 0.15) is 27.5 Å². The van der Waals surface area contributed by atoms with Crippen molar-refractivity contribution in [1.29, 1.82) is 0 Å². The van der Waals surface area contributed by atoms with Gasteiger partial charge < -0.3 is 10.1 Å². The fourth-order valence-electron chi connectivity index (χ4n) is 2.51. The van der Waals surface area contributed by atoms with Gasteiger partial charge in [0.1, 0.15) is 5.75 Å². The molecule has 1 amide bonds. The van der Waals surface area contributed by atoms with E-state index in [2.05, 4.69) is 10.3 Å². The van der Waals surface area contributed by atoms with Gasteiger partial charge in [0.15, 0.2) is 0 Å². The Kier molecular flexibility index (Phi) is 4.87. The maximum Gasteiger partial charge on any atom is 0.252 e. The van der Waals surface area contributed by atoms with Gasteiger partial charge in [0.25, 0.3) is 5.91 Å². The van der Waals surface area contributed by atoms with Gasteiger partial charge in [-0.05, 0) is 41.5 Å². The second-order valence-electron chi connectivity index (χ2n) is 5.33. The van der Waals surface area contributed by atoms with Crippen molar-refractivity contribution in [1.82, 2.24) is 10.3 Å². The fourth-order valence-corrected chi connectivity index (χ4v) is 2.51. The highest BCUT2D eigenvalue weighted by atomic mass is 16.5. The van der Waals surface area contributed by atoms with Crippen LogP contribution < -0.4 is 10.1 Å². The number of rotatable bonds is 5. The van der Waals surface area contributed by atoms with Crippen molar-refractivity contribution in [3.8, 4) is 5.75 Å². The van der Waals surface area contributed by atoms with Crippen LogP contribution in [0.25, 0.3) is 0 Å². The van der Waals surface area contributed by atoms with E-state index in [0.29, 0.717) is 5.56 Å². The number of carbonyl (C=O) groups is 1. The van der Waals surface area contributed by atoms with Crippen molar-refractivity contribution >= 4 is 5.91 Å². The lowest BCUT2D eigenvalue weighted by atomic mass is 9.99. The van der Waals surface area contributed by atoms with Crippen LogP contribution in [0.2, 0.25) is 0 Å². The summed E-state index contributed by atoms with van der Waals surface area (Å²) in [6.07, 6.45) is 3.49. The zero-order chi connectivity index (χ0) is 16.8. The molecule has 0 spiro atoms. The number of carbonyl (C=O) groups excluding carboxylic acids is 1. The van der Waals surface area contributed by atoms with E-state index >= 15 is 0 Å². The first-order chi connectivity index (χ1) is 11.8. The smallest absolute Gasteiger partial charge is 0.252 e. The standard InChI is InChI=1S/C20H18N2O2/c1-24-18-11-9-16(10-12-18)20(23)22-19(15-6-3-2-4-7-15)17-8-5-13-21-14-17/h2-14,19H,1H3,(H,22,23)/t19-/m1/s1. The number of hydrogen-bond donors (Lipinski definition) is 1. The van der Waals surface area contributed by atoms with Gasteiger partial charge >= 0.3 is 0 Å². The number of ether oxygens (including phenoxy) is 1. The maximum atomic E-state index is 12.6. The van der Waals surface area contributed by atoms with Gasteiger partial charge in [0, 0.05) is 18.0 Å². The van der Waals surface area contributed by atoms with E-state index in [9.17, 15) is 4.79 Å². The van der Waals surface area contributed by atoms with Crippen LogP contribution in [0.4, 0.5) is 0 Å². The largest absolute Gasteiger partial charge is 0.497 e. The summed E-state index contributed by atoms with van der Waals surface area (Å²) in [5.74, 6) is 0.578. The fraction of sp³-hybridized carbons (Fsp3) is 0.100. The van der Waals surface area contributed by atoms with Crippen molar-refractivity contribution < 1.29 is 9.53 Å². The Balaban J connectivity index is 1.87. The van der Waals surface area contributed by atoms with E-state index in [4.69, 9.17) is 4.74 Å². The Hall–Kier alpha value is -3.14. The van der Waals surface area contributed by atoms with E-state index < -0.39 is 0 Å². The van der Waals surface area contributed by atoms with Gasteiger partial charge in [0.2, 0.25) is 0 Å². The molecule has 0 radical (unpaired) electrons. The monoisotopic (exact) mass is 318 g/mol. The topological polar surface area (TPSA) is 51.2 Å². The van der Waals surface area contributed by atoms with Gasteiger partial charge in [-0.1, -0.05) is 36.4 Å². The first-order valence-corrected chi connectivity index (χ1v) is 7.67. The lowest BCUT2D eigenvalue weighted by molar-refractivity contribution is 0.0943. The van der Waals surface area contributed by atoms with E-state index in [-0.39, 0.29) is 11.9 Å². The molecular formula is C20H18N2O2. The highest BCUT2D eigenvalue weighted by Gasteiger charge is 2.17. The summed E-state index contributed by atoms with van der Waals surface area (Å²) in [6.45, 7) is 0. The molecule has 0 aliphatic heterocycles. The molecule has 1 atom stereocenters. The molecule has 0 unspecified atom stereocenters. The van der Waals surface area contributed by atoms with Crippen LogP contribution in [0.3, 0.4) is 0 Å². The molecule has 3 aromatic rings. The molecule has 0 saturated heterocycles. The molecule has 4 nitrogen and oxygen atoms in total. The molecule has 4 heteroatoms. The van der Waals surface area contributed by atoms with Gasteiger partial charge in [0.05, 0.1) is 13.2 Å². The second kappa shape index (κ2) is 7.42. The first-order valence-electron chi connectivity index (χ1n) is 7.67. The van der Waals surface area contributed by atoms with Gasteiger partial charge in [-0.2, -0.15) is 0 Å². The minimum Gasteiger partial charge on any atom is -0.497 e. The summed E-state index contributed by atoms with van der Waals surface area (Å²) in [5.41, 5.74) is 2.53. The van der Waals surface area contributed by atoms with Crippen molar-refractivity contribution in [3.05, 3.63) is 95.8 Å². The third-order valence-electron chi connectivity index (χ3n) is 3.78. The molecule has 1 N–H and O–H groups in total. The predicted molar refractivity (Wildman–Crippen MR) is 93.0 cm³/mol. The Bertz CT molecular complexity index is 747. The lowest BCUT2D eigenvalue weighted by Gasteiger charge is -2.19. The van der Waals surface area contributed by atoms with Crippen LogP contribution in [0, 0.1) is 0 Å². The average molecular weight is 318 g/mol.